The molecular formula is C21H29N7O4S. The van der Waals surface area contributed by atoms with E-state index < -0.39 is 21.7 Å². The Morgan fingerprint density at radius 1 is 1.27 bits per heavy atom. The van der Waals surface area contributed by atoms with E-state index in [0.717, 1.165) is 0 Å². The summed E-state index contributed by atoms with van der Waals surface area (Å²) >= 11 is 0. The largest absolute Gasteiger partial charge is 0.505 e. The molecule has 178 valence electrons. The third-order valence-electron chi connectivity index (χ3n) is 4.82. The Kier molecular flexibility index (Phi) is 6.41. The fourth-order valence-corrected chi connectivity index (χ4v) is 4.18. The lowest BCUT2D eigenvalue weighted by Gasteiger charge is -2.26. The molecular weight excluding hydrogens is 446 g/mol. The maximum Gasteiger partial charge on any atom is 0.345 e. The molecule has 2 aromatic rings. The van der Waals surface area contributed by atoms with E-state index in [4.69, 9.17) is 10.2 Å². The third-order valence-corrected chi connectivity index (χ3v) is 5.70. The third kappa shape index (κ3) is 5.28. The minimum Gasteiger partial charge on any atom is -0.505 e. The highest BCUT2D eigenvalue weighted by atomic mass is 32.2. The van der Waals surface area contributed by atoms with Crippen molar-refractivity contribution in [1.82, 2.24) is 9.62 Å². The van der Waals surface area contributed by atoms with Gasteiger partial charge in [0.05, 0.1) is 11.3 Å². The molecule has 33 heavy (non-hydrogen) atoms. The number of para-hydroxylation sites is 1. The first-order valence-electron chi connectivity index (χ1n) is 10.1. The van der Waals surface area contributed by atoms with Crippen molar-refractivity contribution in [2.75, 3.05) is 32.2 Å². The van der Waals surface area contributed by atoms with E-state index in [9.17, 15) is 13.5 Å². The van der Waals surface area contributed by atoms with Crippen LogP contribution in [0.4, 0.5) is 11.6 Å². The van der Waals surface area contributed by atoms with Crippen LogP contribution < -0.4 is 15.8 Å². The number of nitrogens with zero attached hydrogens (tertiary/aromatic N) is 4. The Hall–Kier alpha value is -3.54. The molecule has 1 aromatic carbocycles. The fraction of sp³-hybridized carbons (Fsp3) is 0.381. The van der Waals surface area contributed by atoms with Crippen LogP contribution in [0.5, 0.6) is 5.75 Å². The number of anilines is 2. The van der Waals surface area contributed by atoms with Gasteiger partial charge in [-0.2, -0.15) is 8.42 Å². The van der Waals surface area contributed by atoms with Crippen LogP contribution in [0.2, 0.25) is 0 Å². The van der Waals surface area contributed by atoms with Crippen LogP contribution in [-0.2, 0) is 10.2 Å². The van der Waals surface area contributed by atoms with Gasteiger partial charge in [-0.15, -0.1) is 4.40 Å². The lowest BCUT2D eigenvalue weighted by atomic mass is 9.85. The minimum atomic E-state index is -4.01. The number of aliphatic imine (C=N–C) groups is 2. The van der Waals surface area contributed by atoms with Gasteiger partial charge in [-0.05, 0) is 23.6 Å². The number of amidine groups is 3. The second-order valence-electron chi connectivity index (χ2n) is 8.77. The van der Waals surface area contributed by atoms with E-state index in [-0.39, 0.29) is 29.0 Å². The van der Waals surface area contributed by atoms with Gasteiger partial charge >= 0.3 is 10.2 Å². The summed E-state index contributed by atoms with van der Waals surface area (Å²) in [6.07, 6.45) is 0. The molecule has 0 saturated heterocycles. The highest BCUT2D eigenvalue weighted by Gasteiger charge is 2.34. The second kappa shape index (κ2) is 8.77. The van der Waals surface area contributed by atoms with E-state index in [1.165, 1.54) is 0 Å². The number of furan rings is 1. The normalized spacial score (nSPS) is 18.1. The fourth-order valence-electron chi connectivity index (χ4n) is 3.37. The van der Waals surface area contributed by atoms with Crippen molar-refractivity contribution >= 4 is 39.3 Å². The quantitative estimate of drug-likeness (QED) is 0.300. The average Bonchev–Trinajstić information content (AvgIpc) is 3.24. The van der Waals surface area contributed by atoms with Crippen LogP contribution in [-0.4, -0.2) is 57.1 Å². The first kappa shape index (κ1) is 24.1. The molecule has 5 N–H and O–H groups in total. The number of nitrogens with two attached hydrogens (primary N) is 1. The zero-order valence-electron chi connectivity index (χ0n) is 19.4. The molecule has 0 bridgehead atoms. The summed E-state index contributed by atoms with van der Waals surface area (Å²) in [5.74, 6) is 1.09. The summed E-state index contributed by atoms with van der Waals surface area (Å²) in [7, 11) is 1.21. The molecule has 1 atom stereocenters. The van der Waals surface area contributed by atoms with Crippen molar-refractivity contribution in [2.24, 2.45) is 19.8 Å². The second-order valence-corrected chi connectivity index (χ2v) is 10.1. The van der Waals surface area contributed by atoms with Crippen molar-refractivity contribution in [3.05, 3.63) is 41.7 Å². The lowest BCUT2D eigenvalue weighted by Crippen LogP contribution is -2.32. The molecule has 11 nitrogen and oxygen atoms in total. The molecule has 0 saturated carbocycles. The molecule has 1 aliphatic rings. The highest BCUT2D eigenvalue weighted by Crippen LogP contribution is 2.38. The predicted octanol–water partition coefficient (Wildman–Crippen LogP) is 2.35. The summed E-state index contributed by atoms with van der Waals surface area (Å²) in [6, 6.07) is 7.77. The van der Waals surface area contributed by atoms with Gasteiger partial charge in [0.25, 0.3) is 0 Å². The molecule has 12 heteroatoms. The van der Waals surface area contributed by atoms with Gasteiger partial charge in [0.15, 0.2) is 17.6 Å². The van der Waals surface area contributed by atoms with Crippen molar-refractivity contribution in [1.29, 1.82) is 0 Å². The van der Waals surface area contributed by atoms with Crippen LogP contribution >= 0.6 is 0 Å². The number of hydrogen-bond donors (Lipinski definition) is 4. The molecule has 0 fully saturated rings. The Bertz CT molecular complexity index is 1240. The minimum absolute atomic E-state index is 0.00769. The van der Waals surface area contributed by atoms with Crippen LogP contribution in [0.3, 0.4) is 0 Å². The number of benzene rings is 1. The van der Waals surface area contributed by atoms with Gasteiger partial charge < -0.3 is 25.5 Å². The molecule has 1 aromatic heterocycles. The lowest BCUT2D eigenvalue weighted by molar-refractivity contribution is 0.290. The Labute approximate surface area is 193 Å². The molecule has 3 rings (SSSR count). The molecule has 1 aliphatic heterocycles. The van der Waals surface area contributed by atoms with Gasteiger partial charge in [0.1, 0.15) is 23.4 Å². The number of nitrogen functional groups attached to an aromatic ring is 1. The monoisotopic (exact) mass is 475 g/mol. The van der Waals surface area contributed by atoms with Crippen molar-refractivity contribution < 1.29 is 17.9 Å². The van der Waals surface area contributed by atoms with Gasteiger partial charge in [-0.1, -0.05) is 26.8 Å². The Balaban J connectivity index is 2.04. The summed E-state index contributed by atoms with van der Waals surface area (Å²) in [4.78, 5) is 10.6. The number of aromatic hydroxyl groups is 1. The SMILES string of the molecule is CN=C(c1cccc(NC2=NS(=O)(=O)NC2=N[C@@H](c2ccc(N)o2)C(C)(C)C)c1O)N(C)C. The first-order valence-corrected chi connectivity index (χ1v) is 11.6. The van der Waals surface area contributed by atoms with E-state index >= 15 is 0 Å². The van der Waals surface area contributed by atoms with Crippen molar-refractivity contribution in [3.63, 3.8) is 0 Å². The van der Waals surface area contributed by atoms with Crippen LogP contribution in [0.1, 0.15) is 38.1 Å². The van der Waals surface area contributed by atoms with Gasteiger partial charge in [-0.25, -0.2) is 4.72 Å². The number of hydrogen-bond acceptors (Lipinski definition) is 8. The van der Waals surface area contributed by atoms with Crippen molar-refractivity contribution in [3.8, 4) is 5.75 Å². The van der Waals surface area contributed by atoms with Crippen LogP contribution in [0, 0.1) is 5.41 Å². The smallest absolute Gasteiger partial charge is 0.345 e. The molecule has 0 amide bonds. The Morgan fingerprint density at radius 3 is 2.52 bits per heavy atom. The molecule has 2 heterocycles. The number of nitrogens with one attached hydrogen (secondary N) is 2. The van der Waals surface area contributed by atoms with Gasteiger partial charge in [-0.3, -0.25) is 9.98 Å². The zero-order chi connectivity index (χ0) is 24.6. The molecule has 0 radical (unpaired) electrons. The van der Waals surface area contributed by atoms with Crippen molar-refractivity contribution in [2.45, 2.75) is 26.8 Å². The number of phenols is 1. The maximum absolute atomic E-state index is 12.3. The number of phenolic OH excluding ortho intramolecular Hbond substituents is 1. The summed E-state index contributed by atoms with van der Waals surface area (Å²) in [5, 5.41) is 13.7. The van der Waals surface area contributed by atoms with E-state index in [1.807, 2.05) is 20.8 Å². The van der Waals surface area contributed by atoms with E-state index in [1.54, 1.807) is 56.4 Å². The first-order chi connectivity index (χ1) is 15.3. The average molecular weight is 476 g/mol. The van der Waals surface area contributed by atoms with Crippen LogP contribution in [0.25, 0.3) is 0 Å². The summed E-state index contributed by atoms with van der Waals surface area (Å²) in [5.41, 5.74) is 6.01. The summed E-state index contributed by atoms with van der Waals surface area (Å²) in [6.45, 7) is 5.82. The van der Waals surface area contributed by atoms with Gasteiger partial charge in [0.2, 0.25) is 0 Å². The topological polar surface area (TPSA) is 158 Å². The molecule has 0 spiro atoms. The molecule has 0 aliphatic carbocycles. The van der Waals surface area contributed by atoms with E-state index in [0.29, 0.717) is 17.2 Å². The predicted molar refractivity (Wildman–Crippen MR) is 130 cm³/mol. The van der Waals surface area contributed by atoms with Crippen LogP contribution in [0.15, 0.2) is 49.1 Å². The summed E-state index contributed by atoms with van der Waals surface area (Å²) < 4.78 is 36.1. The standard InChI is InChI=1S/C21H29N7O4S/c1-21(2,3)17(14-10-11-15(22)32-14)25-19-18(26-33(30,31)27-19)24-13-9-7-8-12(16(13)29)20(23-4)28(5)6/h7-11,17,29H,22H2,1-6H3,(H,24,26)(H,25,27)/t17-/m0/s1. The molecule has 0 unspecified atom stereocenters. The maximum atomic E-state index is 12.3. The zero-order valence-corrected chi connectivity index (χ0v) is 20.2. The number of rotatable bonds is 4. The van der Waals surface area contributed by atoms with E-state index in [2.05, 4.69) is 24.4 Å². The van der Waals surface area contributed by atoms with Gasteiger partial charge in [0, 0.05) is 27.2 Å². The highest BCUT2D eigenvalue weighted by molar-refractivity contribution is 7.89. The Morgan fingerprint density at radius 2 is 1.97 bits per heavy atom.